The van der Waals surface area contributed by atoms with Crippen molar-refractivity contribution in [2.75, 3.05) is 13.2 Å². The topological polar surface area (TPSA) is 56.3 Å². The van der Waals surface area contributed by atoms with Crippen LogP contribution in [0.2, 0.25) is 0 Å². The summed E-state index contributed by atoms with van der Waals surface area (Å²) >= 11 is 0. The van der Waals surface area contributed by atoms with Crippen molar-refractivity contribution in [2.24, 2.45) is 5.92 Å². The second-order valence-electron chi connectivity index (χ2n) is 6.38. The molecule has 1 aliphatic carbocycles. The summed E-state index contributed by atoms with van der Waals surface area (Å²) in [5, 5.41) is 7.78. The molecule has 6 heteroatoms. The summed E-state index contributed by atoms with van der Waals surface area (Å²) < 4.78 is 13.9. The van der Waals surface area contributed by atoms with Crippen LogP contribution in [-0.2, 0) is 17.8 Å². The van der Waals surface area contributed by atoms with Crippen LogP contribution in [0.5, 0.6) is 0 Å². The van der Waals surface area contributed by atoms with Crippen LogP contribution in [0, 0.1) is 12.8 Å². The molecule has 3 unspecified atom stereocenters. The van der Waals surface area contributed by atoms with Gasteiger partial charge in [0.1, 0.15) is 24.2 Å². The number of furan rings is 1. The summed E-state index contributed by atoms with van der Waals surface area (Å²) in [6.07, 6.45) is 6.28. The Morgan fingerprint density at radius 2 is 2.09 bits per heavy atom. The summed E-state index contributed by atoms with van der Waals surface area (Å²) in [6.45, 7) is 5.62. The maximum Gasteiger partial charge on any atom is 0.119 e. The van der Waals surface area contributed by atoms with Crippen molar-refractivity contribution < 1.29 is 9.15 Å². The molecule has 22 heavy (non-hydrogen) atoms. The lowest BCUT2D eigenvalue weighted by Gasteiger charge is -2.38. The van der Waals surface area contributed by atoms with Gasteiger partial charge in [0.15, 0.2) is 0 Å². The van der Waals surface area contributed by atoms with Gasteiger partial charge in [0.05, 0.1) is 19.3 Å². The molecule has 0 bridgehead atoms. The highest BCUT2D eigenvalue weighted by Crippen LogP contribution is 2.36. The summed E-state index contributed by atoms with van der Waals surface area (Å²) in [5.41, 5.74) is 0. The molecule has 0 N–H and O–H groups in total. The highest BCUT2D eigenvalue weighted by Gasteiger charge is 2.42. The normalized spacial score (nSPS) is 28.9. The van der Waals surface area contributed by atoms with E-state index in [0.29, 0.717) is 18.1 Å². The number of morpholine rings is 1. The van der Waals surface area contributed by atoms with Gasteiger partial charge in [-0.2, -0.15) is 0 Å². The smallest absolute Gasteiger partial charge is 0.119 e. The van der Waals surface area contributed by atoms with Gasteiger partial charge in [-0.1, -0.05) is 0 Å². The van der Waals surface area contributed by atoms with Crippen molar-refractivity contribution >= 4 is 0 Å². The molecule has 2 fully saturated rings. The van der Waals surface area contributed by atoms with E-state index in [2.05, 4.69) is 25.7 Å². The summed E-state index contributed by atoms with van der Waals surface area (Å²) in [6, 6.07) is 4.63. The lowest BCUT2D eigenvalue weighted by molar-refractivity contribution is -0.0801. The molecular formula is C16H22N4O2. The van der Waals surface area contributed by atoms with Crippen LogP contribution in [0.3, 0.4) is 0 Å². The van der Waals surface area contributed by atoms with E-state index in [4.69, 9.17) is 9.15 Å². The molecule has 0 radical (unpaired) electrons. The lowest BCUT2D eigenvalue weighted by Crippen LogP contribution is -2.50. The van der Waals surface area contributed by atoms with E-state index in [1.165, 1.54) is 12.8 Å². The minimum atomic E-state index is 0.312. The molecule has 3 atom stereocenters. The van der Waals surface area contributed by atoms with E-state index < -0.39 is 0 Å². The van der Waals surface area contributed by atoms with Crippen LogP contribution in [0.15, 0.2) is 29.2 Å². The third-order valence-corrected chi connectivity index (χ3v) is 4.90. The Bertz CT molecular complexity index is 609. The predicted octanol–water partition coefficient (Wildman–Crippen LogP) is 1.86. The molecule has 6 nitrogen and oxygen atoms in total. The zero-order chi connectivity index (χ0) is 14.9. The Morgan fingerprint density at radius 3 is 2.86 bits per heavy atom. The van der Waals surface area contributed by atoms with Crippen LogP contribution >= 0.6 is 0 Å². The molecule has 0 spiro atoms. The average molecular weight is 302 g/mol. The molecule has 0 amide bonds. The average Bonchev–Trinajstić information content (AvgIpc) is 3.23. The Morgan fingerprint density at radius 1 is 1.23 bits per heavy atom. The molecule has 118 valence electrons. The van der Waals surface area contributed by atoms with Gasteiger partial charge in [-0.05, 0) is 31.9 Å². The number of hydrogen-bond donors (Lipinski definition) is 0. The van der Waals surface area contributed by atoms with Crippen LogP contribution in [0.25, 0.3) is 0 Å². The van der Waals surface area contributed by atoms with Crippen molar-refractivity contribution in [1.82, 2.24) is 19.7 Å². The zero-order valence-corrected chi connectivity index (χ0v) is 12.9. The fourth-order valence-corrected chi connectivity index (χ4v) is 3.89. The molecule has 1 saturated heterocycles. The first-order valence-electron chi connectivity index (χ1n) is 8.03. The van der Waals surface area contributed by atoms with Gasteiger partial charge in [0.2, 0.25) is 0 Å². The van der Waals surface area contributed by atoms with Crippen molar-refractivity contribution in [3.8, 4) is 0 Å². The Hall–Kier alpha value is -1.66. The Balaban J connectivity index is 1.44. The Labute approximate surface area is 130 Å². The van der Waals surface area contributed by atoms with Crippen LogP contribution in [0.1, 0.15) is 24.4 Å². The number of aromatic nitrogens is 3. The van der Waals surface area contributed by atoms with Crippen LogP contribution < -0.4 is 0 Å². The van der Waals surface area contributed by atoms with Gasteiger partial charge in [0.25, 0.3) is 0 Å². The predicted molar refractivity (Wildman–Crippen MR) is 80.1 cm³/mol. The third kappa shape index (κ3) is 2.68. The molecule has 2 aromatic rings. The monoisotopic (exact) mass is 302 g/mol. The number of aryl methyl sites for hydroxylation is 1. The van der Waals surface area contributed by atoms with E-state index >= 15 is 0 Å². The standard InChI is InChI=1S/C16H22N4O2/c1-12-2-4-14(22-12)9-20-6-7-21-16-13(3-5-15(16)20)8-19-10-17-18-11-19/h2,4,10-11,13,15-16H,3,5-9H2,1H3. The first-order chi connectivity index (χ1) is 10.8. The molecule has 2 aliphatic rings. The molecule has 0 aromatic carbocycles. The van der Waals surface area contributed by atoms with Crippen LogP contribution in [0.4, 0.5) is 0 Å². The van der Waals surface area contributed by atoms with E-state index in [0.717, 1.165) is 37.8 Å². The van der Waals surface area contributed by atoms with E-state index in [9.17, 15) is 0 Å². The van der Waals surface area contributed by atoms with Gasteiger partial charge >= 0.3 is 0 Å². The quantitative estimate of drug-likeness (QED) is 0.863. The minimum absolute atomic E-state index is 0.312. The lowest BCUT2D eigenvalue weighted by atomic mass is 10.0. The fraction of sp³-hybridized carbons (Fsp3) is 0.625. The molecule has 4 rings (SSSR count). The number of ether oxygens (including phenoxy) is 1. The minimum Gasteiger partial charge on any atom is -0.465 e. The van der Waals surface area contributed by atoms with E-state index in [1.807, 2.05) is 13.0 Å². The third-order valence-electron chi connectivity index (χ3n) is 4.90. The molecule has 3 heterocycles. The molecule has 2 aromatic heterocycles. The summed E-state index contributed by atoms with van der Waals surface area (Å²) in [5.74, 6) is 2.58. The Kier molecular flexibility index (Phi) is 3.72. The second-order valence-corrected chi connectivity index (χ2v) is 6.38. The first-order valence-corrected chi connectivity index (χ1v) is 8.03. The van der Waals surface area contributed by atoms with Crippen molar-refractivity contribution in [1.29, 1.82) is 0 Å². The van der Waals surface area contributed by atoms with Crippen molar-refractivity contribution in [3.05, 3.63) is 36.3 Å². The van der Waals surface area contributed by atoms with Crippen LogP contribution in [-0.4, -0.2) is 45.0 Å². The van der Waals surface area contributed by atoms with Gasteiger partial charge < -0.3 is 13.7 Å². The SMILES string of the molecule is Cc1ccc(CN2CCOC3C(Cn4cnnc4)CCC32)o1. The summed E-state index contributed by atoms with van der Waals surface area (Å²) in [4.78, 5) is 2.53. The van der Waals surface area contributed by atoms with E-state index in [-0.39, 0.29) is 0 Å². The van der Waals surface area contributed by atoms with E-state index in [1.54, 1.807) is 12.7 Å². The van der Waals surface area contributed by atoms with Gasteiger partial charge in [-0.3, -0.25) is 4.90 Å². The first kappa shape index (κ1) is 14.0. The van der Waals surface area contributed by atoms with Gasteiger partial charge in [-0.15, -0.1) is 10.2 Å². The van der Waals surface area contributed by atoms with Gasteiger partial charge in [0, 0.05) is 25.0 Å². The van der Waals surface area contributed by atoms with Crippen molar-refractivity contribution in [3.63, 3.8) is 0 Å². The van der Waals surface area contributed by atoms with Gasteiger partial charge in [-0.25, -0.2) is 0 Å². The largest absolute Gasteiger partial charge is 0.465 e. The second kappa shape index (κ2) is 5.85. The number of nitrogens with zero attached hydrogens (tertiary/aromatic N) is 4. The zero-order valence-electron chi connectivity index (χ0n) is 12.9. The number of fused-ring (bicyclic) bond motifs is 1. The fourth-order valence-electron chi connectivity index (χ4n) is 3.89. The maximum atomic E-state index is 6.11. The number of hydrogen-bond acceptors (Lipinski definition) is 5. The summed E-state index contributed by atoms with van der Waals surface area (Å²) in [7, 11) is 0. The maximum absolute atomic E-state index is 6.11. The van der Waals surface area contributed by atoms with Crippen molar-refractivity contribution in [2.45, 2.75) is 45.0 Å². The highest BCUT2D eigenvalue weighted by molar-refractivity contribution is 5.06. The highest BCUT2D eigenvalue weighted by atomic mass is 16.5. The molecular weight excluding hydrogens is 280 g/mol. The molecule has 1 saturated carbocycles. The number of rotatable bonds is 4. The molecule has 1 aliphatic heterocycles.